The molecule has 1 aliphatic rings. The van der Waals surface area contributed by atoms with Crippen LogP contribution in [0.5, 0.6) is 5.75 Å². The summed E-state index contributed by atoms with van der Waals surface area (Å²) >= 11 is 0. The van der Waals surface area contributed by atoms with Crippen molar-refractivity contribution in [2.24, 2.45) is 0 Å². The van der Waals surface area contributed by atoms with E-state index in [1.165, 1.54) is 0 Å². The third-order valence-corrected chi connectivity index (χ3v) is 6.72. The minimum atomic E-state index is -0.363. The van der Waals surface area contributed by atoms with Crippen LogP contribution in [0.1, 0.15) is 41.1 Å². The predicted molar refractivity (Wildman–Crippen MR) is 153 cm³/mol. The van der Waals surface area contributed by atoms with Crippen LogP contribution in [0.3, 0.4) is 0 Å². The summed E-state index contributed by atoms with van der Waals surface area (Å²) in [5.74, 6) is 1.59. The smallest absolute Gasteiger partial charge is 0.251 e. The molecule has 2 bridgehead atoms. The number of nitrogens with one attached hydrogen (secondary N) is 2. The van der Waals surface area contributed by atoms with Crippen molar-refractivity contribution in [3.8, 4) is 17.1 Å². The third kappa shape index (κ3) is 7.12. The molecule has 0 unspecified atom stereocenters. The first-order valence-electron chi connectivity index (χ1n) is 13.6. The molecule has 1 aliphatic heterocycles. The van der Waals surface area contributed by atoms with Gasteiger partial charge in [0, 0.05) is 30.8 Å². The first kappa shape index (κ1) is 27.1. The SMILES string of the molecule is C[C@@H]1NC(=O)CN(Cc2ccccc2)CCCNC(=O)c2cccc(c2)OCCn2nc(-c3ccccc3)nc21. The van der Waals surface area contributed by atoms with E-state index in [0.717, 1.165) is 11.1 Å². The second-order valence-corrected chi connectivity index (χ2v) is 9.85. The standard InChI is InChI=1S/C31H34N6O3/c1-23-30-34-29(25-12-6-3-7-13-25)35-37(30)18-19-40-27-15-8-14-26(20-27)31(39)32-16-9-17-36(22-28(38)33-23)21-24-10-4-2-5-11-24/h2-8,10-15,20,23H,9,16-19,21-22H2,1H3,(H,32,39)(H,33,38)/t23-/m0/s1. The minimum Gasteiger partial charge on any atom is -0.492 e. The fraction of sp³-hybridized carbons (Fsp3) is 0.290. The van der Waals surface area contributed by atoms with Gasteiger partial charge in [0.1, 0.15) is 18.2 Å². The lowest BCUT2D eigenvalue weighted by atomic mass is 10.2. The Morgan fingerprint density at radius 1 is 0.925 bits per heavy atom. The normalized spacial score (nSPS) is 17.5. The van der Waals surface area contributed by atoms with Crippen molar-refractivity contribution < 1.29 is 14.3 Å². The highest BCUT2D eigenvalue weighted by molar-refractivity contribution is 5.94. The van der Waals surface area contributed by atoms with Crippen molar-refractivity contribution in [2.45, 2.75) is 32.5 Å². The molecule has 9 heteroatoms. The zero-order valence-corrected chi connectivity index (χ0v) is 22.6. The Balaban J connectivity index is 1.41. The van der Waals surface area contributed by atoms with Crippen molar-refractivity contribution >= 4 is 11.8 Å². The van der Waals surface area contributed by atoms with Crippen molar-refractivity contribution in [1.82, 2.24) is 30.3 Å². The molecule has 5 rings (SSSR count). The number of nitrogens with zero attached hydrogens (tertiary/aromatic N) is 4. The number of ether oxygens (including phenoxy) is 1. The number of rotatable bonds is 3. The van der Waals surface area contributed by atoms with Gasteiger partial charge in [0.25, 0.3) is 5.91 Å². The number of hydrogen-bond acceptors (Lipinski definition) is 6. The summed E-state index contributed by atoms with van der Waals surface area (Å²) in [6, 6.07) is 26.6. The number of carbonyl (C=O) groups is 2. The Bertz CT molecular complexity index is 1420. The van der Waals surface area contributed by atoms with Crippen molar-refractivity contribution in [3.05, 3.63) is 102 Å². The topological polar surface area (TPSA) is 101 Å². The molecule has 0 aliphatic carbocycles. The van der Waals surface area contributed by atoms with E-state index in [0.29, 0.717) is 62.2 Å². The van der Waals surface area contributed by atoms with Gasteiger partial charge in [0.15, 0.2) is 5.82 Å². The maximum atomic E-state index is 13.2. The van der Waals surface area contributed by atoms with Crippen LogP contribution in [0.4, 0.5) is 0 Å². The maximum absolute atomic E-state index is 13.2. The van der Waals surface area contributed by atoms with Gasteiger partial charge >= 0.3 is 0 Å². The van der Waals surface area contributed by atoms with Gasteiger partial charge in [-0.15, -0.1) is 0 Å². The molecule has 0 spiro atoms. The lowest BCUT2D eigenvalue weighted by molar-refractivity contribution is -0.123. The van der Waals surface area contributed by atoms with Crippen LogP contribution in [-0.4, -0.2) is 57.7 Å². The molecule has 3 aromatic carbocycles. The van der Waals surface area contributed by atoms with E-state index in [4.69, 9.17) is 14.8 Å². The Labute approximate surface area is 234 Å². The molecule has 1 atom stereocenters. The number of fused-ring (bicyclic) bond motifs is 3. The zero-order chi connectivity index (χ0) is 27.7. The molecule has 0 saturated heterocycles. The molecular weight excluding hydrogens is 504 g/mol. The Hall–Kier alpha value is -4.50. The Morgan fingerprint density at radius 2 is 1.68 bits per heavy atom. The largest absolute Gasteiger partial charge is 0.492 e. The molecule has 2 heterocycles. The number of aromatic nitrogens is 3. The molecule has 2 N–H and O–H groups in total. The minimum absolute atomic E-state index is 0.101. The van der Waals surface area contributed by atoms with Crippen LogP contribution >= 0.6 is 0 Å². The predicted octanol–water partition coefficient (Wildman–Crippen LogP) is 3.84. The van der Waals surface area contributed by atoms with E-state index < -0.39 is 0 Å². The second-order valence-electron chi connectivity index (χ2n) is 9.85. The Kier molecular flexibility index (Phi) is 8.83. The fourth-order valence-corrected chi connectivity index (χ4v) is 4.74. The quantitative estimate of drug-likeness (QED) is 0.411. The van der Waals surface area contributed by atoms with Gasteiger partial charge in [-0.25, -0.2) is 9.67 Å². The first-order valence-corrected chi connectivity index (χ1v) is 13.6. The van der Waals surface area contributed by atoms with Crippen LogP contribution < -0.4 is 15.4 Å². The zero-order valence-electron chi connectivity index (χ0n) is 22.6. The second kappa shape index (κ2) is 13.0. The number of benzene rings is 3. The highest BCUT2D eigenvalue weighted by atomic mass is 16.5. The summed E-state index contributed by atoms with van der Waals surface area (Å²) in [5, 5.41) is 10.8. The first-order chi connectivity index (χ1) is 19.5. The van der Waals surface area contributed by atoms with Crippen molar-refractivity contribution in [1.29, 1.82) is 0 Å². The van der Waals surface area contributed by atoms with Gasteiger partial charge in [-0.3, -0.25) is 14.5 Å². The molecule has 206 valence electrons. The lowest BCUT2D eigenvalue weighted by Gasteiger charge is -2.23. The maximum Gasteiger partial charge on any atom is 0.251 e. The molecule has 2 amide bonds. The van der Waals surface area contributed by atoms with E-state index >= 15 is 0 Å². The van der Waals surface area contributed by atoms with Gasteiger partial charge in [0.05, 0.1) is 19.1 Å². The van der Waals surface area contributed by atoms with Crippen LogP contribution in [0.15, 0.2) is 84.9 Å². The van der Waals surface area contributed by atoms with Crippen LogP contribution in [0.25, 0.3) is 11.4 Å². The van der Waals surface area contributed by atoms with Crippen LogP contribution in [-0.2, 0) is 17.9 Å². The molecule has 1 aromatic heterocycles. The van der Waals surface area contributed by atoms with Gasteiger partial charge < -0.3 is 15.4 Å². The summed E-state index contributed by atoms with van der Waals surface area (Å²) in [4.78, 5) is 32.9. The van der Waals surface area contributed by atoms with Gasteiger partial charge in [-0.05, 0) is 37.1 Å². The average Bonchev–Trinajstić information content (AvgIpc) is 3.40. The molecule has 0 radical (unpaired) electrons. The molecule has 4 aromatic rings. The number of carbonyl (C=O) groups excluding carboxylic acids is 2. The monoisotopic (exact) mass is 538 g/mol. The van der Waals surface area contributed by atoms with E-state index in [1.807, 2.05) is 67.6 Å². The summed E-state index contributed by atoms with van der Waals surface area (Å²) in [7, 11) is 0. The molecule has 9 nitrogen and oxygen atoms in total. The molecule has 0 saturated carbocycles. The van der Waals surface area contributed by atoms with Gasteiger partial charge in [-0.2, -0.15) is 5.10 Å². The van der Waals surface area contributed by atoms with Gasteiger partial charge in [-0.1, -0.05) is 66.7 Å². The molecular formula is C31H34N6O3. The highest BCUT2D eigenvalue weighted by Gasteiger charge is 2.21. The number of amides is 2. The highest BCUT2D eigenvalue weighted by Crippen LogP contribution is 2.20. The van der Waals surface area contributed by atoms with Gasteiger partial charge in [0.2, 0.25) is 5.91 Å². The summed E-state index contributed by atoms with van der Waals surface area (Å²) in [5.41, 5.74) is 2.56. The summed E-state index contributed by atoms with van der Waals surface area (Å²) in [6.07, 6.45) is 0.701. The van der Waals surface area contributed by atoms with E-state index in [1.54, 1.807) is 16.8 Å². The molecule has 0 fully saturated rings. The lowest BCUT2D eigenvalue weighted by Crippen LogP contribution is -2.40. The van der Waals surface area contributed by atoms with E-state index in [9.17, 15) is 9.59 Å². The Morgan fingerprint density at radius 3 is 2.48 bits per heavy atom. The van der Waals surface area contributed by atoms with Crippen molar-refractivity contribution in [2.75, 3.05) is 26.2 Å². The number of hydrogen-bond donors (Lipinski definition) is 2. The van der Waals surface area contributed by atoms with Crippen molar-refractivity contribution in [3.63, 3.8) is 0 Å². The van der Waals surface area contributed by atoms with E-state index in [2.05, 4.69) is 27.7 Å². The summed E-state index contributed by atoms with van der Waals surface area (Å²) < 4.78 is 7.76. The van der Waals surface area contributed by atoms with Crippen LogP contribution in [0.2, 0.25) is 0 Å². The van der Waals surface area contributed by atoms with Crippen LogP contribution in [0, 0.1) is 0 Å². The fourth-order valence-electron chi connectivity index (χ4n) is 4.74. The average molecular weight is 539 g/mol. The third-order valence-electron chi connectivity index (χ3n) is 6.72. The van der Waals surface area contributed by atoms with E-state index in [-0.39, 0.29) is 24.4 Å². The summed E-state index contributed by atoms with van der Waals surface area (Å²) in [6.45, 7) is 4.66. The molecule has 40 heavy (non-hydrogen) atoms.